The monoisotopic (exact) mass is 280 g/mol. The molecule has 0 atom stereocenters. The van der Waals surface area contributed by atoms with Gasteiger partial charge in [-0.3, -0.25) is 0 Å². The summed E-state index contributed by atoms with van der Waals surface area (Å²) in [5, 5.41) is 0. The molecule has 0 spiro atoms. The summed E-state index contributed by atoms with van der Waals surface area (Å²) in [4.78, 5) is 1.45. The standard InChI is InChI=1S/C15H15F3N2/c1-2-20(12-5-3-11(16)4-6-12)15-13(17)7-10(9-19)8-14(15)18/h3-8H,2,9,19H2,1H3. The number of nitrogens with zero attached hydrogens (tertiary/aromatic N) is 1. The Balaban J connectivity index is 2.49. The second-order valence-electron chi connectivity index (χ2n) is 4.33. The number of hydrogen-bond donors (Lipinski definition) is 1. The van der Waals surface area contributed by atoms with Crippen LogP contribution in [-0.4, -0.2) is 6.54 Å². The van der Waals surface area contributed by atoms with Crippen LogP contribution in [0.3, 0.4) is 0 Å². The highest BCUT2D eigenvalue weighted by molar-refractivity contribution is 5.64. The van der Waals surface area contributed by atoms with E-state index in [-0.39, 0.29) is 12.2 Å². The van der Waals surface area contributed by atoms with E-state index in [9.17, 15) is 13.2 Å². The van der Waals surface area contributed by atoms with Crippen molar-refractivity contribution in [2.24, 2.45) is 5.73 Å². The quantitative estimate of drug-likeness (QED) is 0.924. The van der Waals surface area contributed by atoms with Crippen LogP contribution >= 0.6 is 0 Å². The summed E-state index contributed by atoms with van der Waals surface area (Å²) in [6.07, 6.45) is 0. The zero-order chi connectivity index (χ0) is 14.7. The van der Waals surface area contributed by atoms with Gasteiger partial charge >= 0.3 is 0 Å². The third-order valence-electron chi connectivity index (χ3n) is 3.04. The average molecular weight is 280 g/mol. The fourth-order valence-corrected chi connectivity index (χ4v) is 2.08. The summed E-state index contributed by atoms with van der Waals surface area (Å²) in [6, 6.07) is 7.89. The Morgan fingerprint density at radius 3 is 2.00 bits per heavy atom. The van der Waals surface area contributed by atoms with Crippen LogP contribution in [0, 0.1) is 17.5 Å². The Kier molecular flexibility index (Phi) is 4.29. The second-order valence-corrected chi connectivity index (χ2v) is 4.33. The maximum absolute atomic E-state index is 14.1. The normalized spacial score (nSPS) is 10.7. The molecule has 2 aromatic carbocycles. The lowest BCUT2D eigenvalue weighted by atomic mass is 10.1. The molecule has 0 fully saturated rings. The molecule has 5 heteroatoms. The fourth-order valence-electron chi connectivity index (χ4n) is 2.08. The molecule has 2 rings (SSSR count). The Morgan fingerprint density at radius 1 is 1.00 bits per heavy atom. The summed E-state index contributed by atoms with van der Waals surface area (Å²) in [5.41, 5.74) is 6.14. The molecule has 0 aliphatic rings. The number of anilines is 2. The molecule has 0 unspecified atom stereocenters. The first-order valence-corrected chi connectivity index (χ1v) is 6.28. The molecule has 106 valence electrons. The molecule has 0 bridgehead atoms. The van der Waals surface area contributed by atoms with E-state index >= 15 is 0 Å². The first-order valence-electron chi connectivity index (χ1n) is 6.28. The van der Waals surface area contributed by atoms with Gasteiger partial charge in [-0.15, -0.1) is 0 Å². The Morgan fingerprint density at radius 2 is 1.55 bits per heavy atom. The highest BCUT2D eigenvalue weighted by Crippen LogP contribution is 2.31. The molecule has 0 saturated heterocycles. The summed E-state index contributed by atoms with van der Waals surface area (Å²) < 4.78 is 41.1. The lowest BCUT2D eigenvalue weighted by Crippen LogP contribution is -2.19. The minimum Gasteiger partial charge on any atom is -0.337 e. The van der Waals surface area contributed by atoms with E-state index < -0.39 is 17.5 Å². The maximum atomic E-state index is 14.1. The zero-order valence-electron chi connectivity index (χ0n) is 11.0. The van der Waals surface area contributed by atoms with Crippen molar-refractivity contribution in [3.8, 4) is 0 Å². The number of hydrogen-bond acceptors (Lipinski definition) is 2. The first-order chi connectivity index (χ1) is 9.56. The predicted octanol–water partition coefficient (Wildman–Crippen LogP) is 3.72. The highest BCUT2D eigenvalue weighted by Gasteiger charge is 2.18. The van der Waals surface area contributed by atoms with Crippen LogP contribution < -0.4 is 10.6 Å². The molecule has 0 saturated carbocycles. The van der Waals surface area contributed by atoms with Gasteiger partial charge in [-0.2, -0.15) is 0 Å². The minimum atomic E-state index is -0.684. The van der Waals surface area contributed by atoms with Crippen LogP contribution in [0.25, 0.3) is 0 Å². The third-order valence-corrected chi connectivity index (χ3v) is 3.04. The van der Waals surface area contributed by atoms with E-state index in [0.717, 1.165) is 0 Å². The Bertz CT molecular complexity index is 574. The molecular formula is C15H15F3N2. The molecule has 0 radical (unpaired) electrons. The van der Waals surface area contributed by atoms with Crippen LogP contribution in [0.1, 0.15) is 12.5 Å². The van der Waals surface area contributed by atoms with E-state index in [2.05, 4.69) is 0 Å². The van der Waals surface area contributed by atoms with Crippen LogP contribution in [0.5, 0.6) is 0 Å². The molecule has 0 heterocycles. The van der Waals surface area contributed by atoms with Crippen molar-refractivity contribution < 1.29 is 13.2 Å². The molecule has 20 heavy (non-hydrogen) atoms. The Hall–Kier alpha value is -2.01. The topological polar surface area (TPSA) is 29.3 Å². The average Bonchev–Trinajstić information content (AvgIpc) is 2.43. The number of benzene rings is 2. The number of nitrogens with two attached hydrogens (primary N) is 1. The predicted molar refractivity (Wildman–Crippen MR) is 73.3 cm³/mol. The smallest absolute Gasteiger partial charge is 0.150 e. The molecule has 0 amide bonds. The second kappa shape index (κ2) is 5.96. The fraction of sp³-hybridized carbons (Fsp3) is 0.200. The van der Waals surface area contributed by atoms with E-state index in [0.29, 0.717) is 17.8 Å². The maximum Gasteiger partial charge on any atom is 0.150 e. The zero-order valence-corrected chi connectivity index (χ0v) is 11.0. The van der Waals surface area contributed by atoms with Gasteiger partial charge in [0.2, 0.25) is 0 Å². The molecule has 0 aromatic heterocycles. The van der Waals surface area contributed by atoms with E-state index in [4.69, 9.17) is 5.73 Å². The molecular weight excluding hydrogens is 265 g/mol. The third kappa shape index (κ3) is 2.77. The molecule has 2 nitrogen and oxygen atoms in total. The lowest BCUT2D eigenvalue weighted by molar-refractivity contribution is 0.577. The van der Waals surface area contributed by atoms with Gasteiger partial charge in [0, 0.05) is 18.8 Å². The van der Waals surface area contributed by atoms with Gasteiger partial charge < -0.3 is 10.6 Å². The lowest BCUT2D eigenvalue weighted by Gasteiger charge is -2.24. The Labute approximate surface area is 115 Å². The molecule has 2 N–H and O–H groups in total. The summed E-state index contributed by atoms with van der Waals surface area (Å²) >= 11 is 0. The largest absolute Gasteiger partial charge is 0.337 e. The van der Waals surface area contributed by atoms with Crippen molar-refractivity contribution in [2.75, 3.05) is 11.4 Å². The molecule has 0 aliphatic heterocycles. The van der Waals surface area contributed by atoms with Crippen molar-refractivity contribution in [1.29, 1.82) is 0 Å². The van der Waals surface area contributed by atoms with Gasteiger partial charge in [-0.1, -0.05) is 0 Å². The van der Waals surface area contributed by atoms with Gasteiger partial charge in [-0.05, 0) is 48.9 Å². The van der Waals surface area contributed by atoms with Crippen LogP contribution in [-0.2, 0) is 6.54 Å². The van der Waals surface area contributed by atoms with Crippen molar-refractivity contribution in [2.45, 2.75) is 13.5 Å². The van der Waals surface area contributed by atoms with Gasteiger partial charge in [0.15, 0.2) is 0 Å². The minimum absolute atomic E-state index is 0.0663. The molecule has 2 aromatic rings. The van der Waals surface area contributed by atoms with Crippen molar-refractivity contribution in [3.63, 3.8) is 0 Å². The van der Waals surface area contributed by atoms with Gasteiger partial charge in [-0.25, -0.2) is 13.2 Å². The van der Waals surface area contributed by atoms with Gasteiger partial charge in [0.1, 0.15) is 23.1 Å². The number of halogens is 3. The molecule has 0 aliphatic carbocycles. The van der Waals surface area contributed by atoms with Gasteiger partial charge in [0.05, 0.1) is 0 Å². The number of rotatable bonds is 4. The summed E-state index contributed by atoms with van der Waals surface area (Å²) in [5.74, 6) is -1.77. The van der Waals surface area contributed by atoms with Crippen LogP contribution in [0.2, 0.25) is 0 Å². The summed E-state index contributed by atoms with van der Waals surface area (Å²) in [7, 11) is 0. The highest BCUT2D eigenvalue weighted by atomic mass is 19.1. The van der Waals surface area contributed by atoms with Crippen LogP contribution in [0.4, 0.5) is 24.5 Å². The summed E-state index contributed by atoms with van der Waals surface area (Å²) in [6.45, 7) is 2.18. The van der Waals surface area contributed by atoms with Crippen LogP contribution in [0.15, 0.2) is 36.4 Å². The van der Waals surface area contributed by atoms with Crippen molar-refractivity contribution >= 4 is 11.4 Å². The van der Waals surface area contributed by atoms with E-state index in [1.807, 2.05) is 0 Å². The van der Waals surface area contributed by atoms with E-state index in [1.165, 1.54) is 41.3 Å². The SMILES string of the molecule is CCN(c1ccc(F)cc1)c1c(F)cc(CN)cc1F. The van der Waals surface area contributed by atoms with E-state index in [1.54, 1.807) is 6.92 Å². The van der Waals surface area contributed by atoms with Gasteiger partial charge in [0.25, 0.3) is 0 Å². The van der Waals surface area contributed by atoms with Crippen molar-refractivity contribution in [3.05, 3.63) is 59.4 Å². The first kappa shape index (κ1) is 14.4. The van der Waals surface area contributed by atoms with Crippen molar-refractivity contribution in [1.82, 2.24) is 0 Å².